The van der Waals surface area contributed by atoms with Crippen molar-refractivity contribution in [2.75, 3.05) is 20.1 Å². The average Bonchev–Trinajstić information content (AvgIpc) is 2.37. The number of nitrogens with one attached hydrogen (secondary N) is 1. The van der Waals surface area contributed by atoms with Crippen molar-refractivity contribution in [2.45, 2.75) is 31.8 Å². The number of halogens is 2. The molecule has 1 fully saturated rings. The molecule has 1 aromatic carbocycles. The highest BCUT2D eigenvalue weighted by molar-refractivity contribution is 5.21. The van der Waals surface area contributed by atoms with Crippen molar-refractivity contribution < 1.29 is 8.78 Å². The second-order valence-corrected chi connectivity index (χ2v) is 5.04. The van der Waals surface area contributed by atoms with Crippen molar-refractivity contribution in [3.63, 3.8) is 0 Å². The van der Waals surface area contributed by atoms with Crippen LogP contribution in [0, 0.1) is 11.6 Å². The topological polar surface area (TPSA) is 15.3 Å². The van der Waals surface area contributed by atoms with Crippen LogP contribution in [0.1, 0.15) is 31.4 Å². The molecule has 2 unspecified atom stereocenters. The molecule has 1 aliphatic heterocycles. The second-order valence-electron chi connectivity index (χ2n) is 5.04. The van der Waals surface area contributed by atoms with E-state index in [9.17, 15) is 8.78 Å². The fraction of sp³-hybridized carbons (Fsp3) is 0.571. The number of rotatable bonds is 3. The van der Waals surface area contributed by atoms with Crippen LogP contribution >= 0.6 is 0 Å². The van der Waals surface area contributed by atoms with Crippen molar-refractivity contribution in [2.24, 2.45) is 0 Å². The lowest BCUT2D eigenvalue weighted by atomic mass is 10.0. The quantitative estimate of drug-likeness (QED) is 0.892. The minimum atomic E-state index is -0.507. The van der Waals surface area contributed by atoms with Crippen LogP contribution in [0.25, 0.3) is 0 Å². The minimum Gasteiger partial charge on any atom is -0.315 e. The van der Waals surface area contributed by atoms with Crippen LogP contribution in [-0.2, 0) is 0 Å². The van der Waals surface area contributed by atoms with Gasteiger partial charge in [0.25, 0.3) is 0 Å². The molecule has 2 atom stereocenters. The monoisotopic (exact) mass is 254 g/mol. The first kappa shape index (κ1) is 13.4. The summed E-state index contributed by atoms with van der Waals surface area (Å²) in [6, 6.07) is 4.19. The molecule has 0 radical (unpaired) electrons. The second kappa shape index (κ2) is 5.76. The van der Waals surface area contributed by atoms with E-state index in [1.807, 2.05) is 14.0 Å². The maximum absolute atomic E-state index is 13.2. The van der Waals surface area contributed by atoms with E-state index in [1.54, 1.807) is 0 Å². The molecule has 1 aliphatic rings. The third kappa shape index (κ3) is 3.06. The summed E-state index contributed by atoms with van der Waals surface area (Å²) in [5, 5.41) is 3.36. The van der Waals surface area contributed by atoms with E-state index in [1.165, 1.54) is 12.1 Å². The van der Waals surface area contributed by atoms with Gasteiger partial charge in [-0.1, -0.05) is 0 Å². The number of piperidine rings is 1. The zero-order valence-electron chi connectivity index (χ0n) is 10.9. The van der Waals surface area contributed by atoms with E-state index in [2.05, 4.69) is 10.2 Å². The first-order valence-electron chi connectivity index (χ1n) is 6.46. The lowest BCUT2D eigenvalue weighted by molar-refractivity contribution is 0.156. The van der Waals surface area contributed by atoms with Crippen LogP contribution in [0.2, 0.25) is 0 Å². The molecule has 0 aliphatic carbocycles. The van der Waals surface area contributed by atoms with Crippen molar-refractivity contribution in [3.8, 4) is 0 Å². The zero-order chi connectivity index (χ0) is 13.1. The molecule has 2 nitrogen and oxygen atoms in total. The van der Waals surface area contributed by atoms with Gasteiger partial charge in [-0.15, -0.1) is 0 Å². The van der Waals surface area contributed by atoms with Crippen LogP contribution in [-0.4, -0.2) is 31.1 Å². The lowest BCUT2D eigenvalue weighted by Gasteiger charge is -2.36. The van der Waals surface area contributed by atoms with E-state index in [-0.39, 0.29) is 6.04 Å². The zero-order valence-corrected chi connectivity index (χ0v) is 10.9. The first-order valence-corrected chi connectivity index (χ1v) is 6.46. The van der Waals surface area contributed by atoms with E-state index in [0.29, 0.717) is 11.6 Å². The summed E-state index contributed by atoms with van der Waals surface area (Å²) in [5.74, 6) is -1.01. The third-order valence-corrected chi connectivity index (χ3v) is 3.83. The van der Waals surface area contributed by atoms with Crippen molar-refractivity contribution in [1.82, 2.24) is 10.2 Å². The van der Waals surface area contributed by atoms with Crippen molar-refractivity contribution >= 4 is 0 Å². The third-order valence-electron chi connectivity index (χ3n) is 3.83. The summed E-state index contributed by atoms with van der Waals surface area (Å²) in [7, 11) is 2.02. The molecular weight excluding hydrogens is 234 g/mol. The Kier molecular flexibility index (Phi) is 4.30. The molecule has 1 aromatic rings. The molecule has 0 bridgehead atoms. The molecule has 18 heavy (non-hydrogen) atoms. The van der Waals surface area contributed by atoms with E-state index >= 15 is 0 Å². The fourth-order valence-electron chi connectivity index (χ4n) is 2.55. The summed E-state index contributed by atoms with van der Waals surface area (Å²) >= 11 is 0. The molecule has 0 amide bonds. The number of hydrogen-bond acceptors (Lipinski definition) is 2. The number of hydrogen-bond donors (Lipinski definition) is 1. The van der Waals surface area contributed by atoms with Crippen LogP contribution in [0.5, 0.6) is 0 Å². The Balaban J connectivity index is 2.11. The lowest BCUT2D eigenvalue weighted by Crippen LogP contribution is -2.45. The van der Waals surface area contributed by atoms with Gasteiger partial charge in [-0.25, -0.2) is 8.78 Å². The largest absolute Gasteiger partial charge is 0.315 e. The summed E-state index contributed by atoms with van der Waals surface area (Å²) < 4.78 is 26.4. The highest BCUT2D eigenvalue weighted by Gasteiger charge is 2.23. The molecule has 100 valence electrons. The van der Waals surface area contributed by atoms with Gasteiger partial charge in [-0.3, -0.25) is 4.90 Å². The summed E-state index contributed by atoms with van der Waals surface area (Å²) in [4.78, 5) is 2.19. The predicted molar refractivity (Wildman–Crippen MR) is 68.4 cm³/mol. The Labute approximate surface area is 107 Å². The van der Waals surface area contributed by atoms with Crippen molar-refractivity contribution in [1.29, 1.82) is 0 Å². The van der Waals surface area contributed by atoms with Gasteiger partial charge in [0, 0.05) is 24.7 Å². The Hall–Kier alpha value is -1.00. The molecule has 0 saturated carbocycles. The van der Waals surface area contributed by atoms with Crippen LogP contribution < -0.4 is 5.32 Å². The van der Waals surface area contributed by atoms with Gasteiger partial charge in [0.1, 0.15) is 11.6 Å². The molecule has 0 aromatic heterocycles. The van der Waals surface area contributed by atoms with Gasteiger partial charge in [0.15, 0.2) is 0 Å². The SMILES string of the molecule is CC(c1cc(F)cc(F)c1)N(C)C1CCCNC1. The minimum absolute atomic E-state index is 0.0140. The maximum Gasteiger partial charge on any atom is 0.126 e. The number of benzene rings is 1. The van der Waals surface area contributed by atoms with Crippen molar-refractivity contribution in [3.05, 3.63) is 35.4 Å². The standard InChI is InChI=1S/C14H20F2N2/c1-10(11-6-12(15)8-13(16)7-11)18(2)14-4-3-5-17-9-14/h6-8,10,14,17H,3-5,9H2,1-2H3. The van der Waals surface area contributed by atoms with Crippen LogP contribution in [0.15, 0.2) is 18.2 Å². The van der Waals surface area contributed by atoms with E-state index < -0.39 is 11.6 Å². The molecule has 4 heteroatoms. The molecule has 1 heterocycles. The Bertz CT molecular complexity index is 383. The van der Waals surface area contributed by atoms with Crippen LogP contribution in [0.3, 0.4) is 0 Å². The molecule has 1 N–H and O–H groups in total. The fourth-order valence-corrected chi connectivity index (χ4v) is 2.55. The maximum atomic E-state index is 13.2. The van der Waals surface area contributed by atoms with Gasteiger partial charge in [0.2, 0.25) is 0 Å². The Morgan fingerprint density at radius 3 is 2.50 bits per heavy atom. The molecule has 1 saturated heterocycles. The van der Waals surface area contributed by atoms with E-state index in [4.69, 9.17) is 0 Å². The Morgan fingerprint density at radius 2 is 1.94 bits per heavy atom. The molecule has 0 spiro atoms. The number of likely N-dealkylation sites (N-methyl/N-ethyl adjacent to an activating group) is 1. The average molecular weight is 254 g/mol. The molecular formula is C14H20F2N2. The smallest absolute Gasteiger partial charge is 0.126 e. The highest BCUT2D eigenvalue weighted by atomic mass is 19.1. The Morgan fingerprint density at radius 1 is 1.28 bits per heavy atom. The number of nitrogens with zero attached hydrogens (tertiary/aromatic N) is 1. The predicted octanol–water partition coefficient (Wildman–Crippen LogP) is 2.71. The van der Waals surface area contributed by atoms with Gasteiger partial charge < -0.3 is 5.32 Å². The highest BCUT2D eigenvalue weighted by Crippen LogP contribution is 2.24. The summed E-state index contributed by atoms with van der Waals surface area (Å²) in [6.07, 6.45) is 2.28. The summed E-state index contributed by atoms with van der Waals surface area (Å²) in [6.45, 7) is 3.99. The van der Waals surface area contributed by atoms with E-state index in [0.717, 1.165) is 32.0 Å². The van der Waals surface area contributed by atoms with Gasteiger partial charge in [0.05, 0.1) is 0 Å². The molecule has 2 rings (SSSR count). The van der Waals surface area contributed by atoms with Gasteiger partial charge in [-0.05, 0) is 51.1 Å². The normalized spacial score (nSPS) is 22.2. The van der Waals surface area contributed by atoms with Gasteiger partial charge >= 0.3 is 0 Å². The first-order chi connectivity index (χ1) is 8.58. The summed E-state index contributed by atoms with van der Waals surface area (Å²) in [5.41, 5.74) is 0.695. The van der Waals surface area contributed by atoms with Crippen LogP contribution in [0.4, 0.5) is 8.78 Å². The van der Waals surface area contributed by atoms with Gasteiger partial charge in [-0.2, -0.15) is 0 Å².